The van der Waals surface area contributed by atoms with E-state index in [0.717, 1.165) is 32.7 Å². The summed E-state index contributed by atoms with van der Waals surface area (Å²) in [7, 11) is 0. The summed E-state index contributed by atoms with van der Waals surface area (Å²) in [6.07, 6.45) is 1.48. The van der Waals surface area contributed by atoms with Gasteiger partial charge >= 0.3 is 5.97 Å². The van der Waals surface area contributed by atoms with Crippen molar-refractivity contribution in [3.05, 3.63) is 101 Å². The number of carboxylic acids is 1. The molecule has 0 bridgehead atoms. The fourth-order valence-corrected chi connectivity index (χ4v) is 3.76. The van der Waals surface area contributed by atoms with Crippen LogP contribution in [0.2, 0.25) is 0 Å². The molecule has 1 amide bonds. The van der Waals surface area contributed by atoms with E-state index in [2.05, 4.69) is 44.6 Å². The molecule has 3 aromatic rings. The first-order valence-electron chi connectivity index (χ1n) is 10.9. The largest absolute Gasteiger partial charge is 0.478 e. The number of carbonyl (C=O) groups excluding carboxylic acids is 1. The number of para-hydroxylation sites is 1. The Bertz CT molecular complexity index is 1100. The third-order valence-electron chi connectivity index (χ3n) is 5.65. The van der Waals surface area contributed by atoms with Gasteiger partial charge in [0.15, 0.2) is 0 Å². The highest BCUT2D eigenvalue weighted by molar-refractivity contribution is 5.95. The number of nitrogens with zero attached hydrogens (tertiary/aromatic N) is 3. The van der Waals surface area contributed by atoms with E-state index in [1.165, 1.54) is 29.6 Å². The Morgan fingerprint density at radius 3 is 2.12 bits per heavy atom. The summed E-state index contributed by atoms with van der Waals surface area (Å²) in [5.41, 5.74) is 6.38. The van der Waals surface area contributed by atoms with Crippen LogP contribution in [-0.4, -0.2) is 54.3 Å². The molecule has 0 aromatic heterocycles. The lowest BCUT2D eigenvalue weighted by Gasteiger charge is -2.36. The van der Waals surface area contributed by atoms with Gasteiger partial charge in [-0.1, -0.05) is 42.5 Å². The fourth-order valence-electron chi connectivity index (χ4n) is 3.76. The Kier molecular flexibility index (Phi) is 7.12. The Balaban J connectivity index is 1.25. The van der Waals surface area contributed by atoms with Crippen molar-refractivity contribution in [3.8, 4) is 0 Å². The quantitative estimate of drug-likeness (QED) is 0.432. The first-order chi connectivity index (χ1) is 16.1. The zero-order valence-corrected chi connectivity index (χ0v) is 18.2. The molecule has 2 N–H and O–H groups in total. The van der Waals surface area contributed by atoms with Gasteiger partial charge in [-0.25, -0.2) is 10.2 Å². The highest BCUT2D eigenvalue weighted by atomic mass is 16.4. The van der Waals surface area contributed by atoms with E-state index < -0.39 is 5.97 Å². The Hall–Kier alpha value is -3.97. The number of nitrogens with one attached hydrogen (secondary N) is 1. The number of aromatic carboxylic acids is 1. The maximum Gasteiger partial charge on any atom is 0.335 e. The monoisotopic (exact) mass is 442 g/mol. The molecule has 7 nitrogen and oxygen atoms in total. The van der Waals surface area contributed by atoms with Gasteiger partial charge in [-0.3, -0.25) is 9.69 Å². The number of hydrogen-bond donors (Lipinski definition) is 2. The van der Waals surface area contributed by atoms with Gasteiger partial charge in [0.1, 0.15) is 0 Å². The molecular weight excluding hydrogens is 416 g/mol. The van der Waals surface area contributed by atoms with E-state index in [1.807, 2.05) is 30.3 Å². The van der Waals surface area contributed by atoms with Crippen LogP contribution in [0.5, 0.6) is 0 Å². The molecule has 168 valence electrons. The summed E-state index contributed by atoms with van der Waals surface area (Å²) in [5.74, 6) is -1.28. The van der Waals surface area contributed by atoms with Crippen molar-refractivity contribution in [2.45, 2.75) is 6.54 Å². The standard InChI is InChI=1S/C26H26N4O3/c31-25(28-27-18-20-6-12-23(13-7-20)26(32)33)22-10-8-21(9-11-22)19-29-14-16-30(17-15-29)24-4-2-1-3-5-24/h1-13,18H,14-17,19H2,(H,28,31)(H,32,33)/b27-18-. The van der Waals surface area contributed by atoms with E-state index in [9.17, 15) is 9.59 Å². The van der Waals surface area contributed by atoms with Crippen molar-refractivity contribution in [2.75, 3.05) is 31.1 Å². The summed E-state index contributed by atoms with van der Waals surface area (Å²) in [5, 5.41) is 12.9. The third kappa shape index (κ3) is 6.05. The van der Waals surface area contributed by atoms with E-state index in [4.69, 9.17) is 5.11 Å². The first kappa shape index (κ1) is 22.2. The van der Waals surface area contributed by atoms with Crippen LogP contribution in [0, 0.1) is 0 Å². The smallest absolute Gasteiger partial charge is 0.335 e. The van der Waals surface area contributed by atoms with Crippen LogP contribution < -0.4 is 10.3 Å². The van der Waals surface area contributed by atoms with Crippen LogP contribution in [0.15, 0.2) is 84.0 Å². The molecule has 33 heavy (non-hydrogen) atoms. The van der Waals surface area contributed by atoms with Gasteiger partial charge in [0.05, 0.1) is 11.8 Å². The van der Waals surface area contributed by atoms with E-state index in [1.54, 1.807) is 12.1 Å². The average Bonchev–Trinajstić information content (AvgIpc) is 2.86. The van der Waals surface area contributed by atoms with E-state index in [0.29, 0.717) is 11.1 Å². The van der Waals surface area contributed by atoms with Gasteiger partial charge in [-0.15, -0.1) is 0 Å². The minimum atomic E-state index is -0.982. The van der Waals surface area contributed by atoms with Gasteiger partial charge in [-0.05, 0) is 47.5 Å². The SMILES string of the molecule is O=C(O)c1ccc(/C=N\NC(=O)c2ccc(CN3CCN(c4ccccc4)CC3)cc2)cc1. The number of carbonyl (C=O) groups is 2. The number of hydrazone groups is 1. The number of anilines is 1. The van der Waals surface area contributed by atoms with Crippen LogP contribution in [0.4, 0.5) is 5.69 Å². The maximum atomic E-state index is 12.3. The van der Waals surface area contributed by atoms with Crippen molar-refractivity contribution < 1.29 is 14.7 Å². The van der Waals surface area contributed by atoms with Crippen LogP contribution in [0.3, 0.4) is 0 Å². The number of hydrogen-bond acceptors (Lipinski definition) is 5. The highest BCUT2D eigenvalue weighted by Crippen LogP contribution is 2.17. The average molecular weight is 443 g/mol. The predicted octanol–water partition coefficient (Wildman–Crippen LogP) is 3.47. The molecular formula is C26H26N4O3. The maximum absolute atomic E-state index is 12.3. The van der Waals surface area contributed by atoms with Crippen molar-refractivity contribution in [2.24, 2.45) is 5.10 Å². The minimum absolute atomic E-state index is 0.203. The van der Waals surface area contributed by atoms with E-state index >= 15 is 0 Å². The minimum Gasteiger partial charge on any atom is -0.478 e. The van der Waals surface area contributed by atoms with Gasteiger partial charge in [0, 0.05) is 44.0 Å². The van der Waals surface area contributed by atoms with Gasteiger partial charge in [0.25, 0.3) is 5.91 Å². The molecule has 0 atom stereocenters. The topological polar surface area (TPSA) is 85.2 Å². The summed E-state index contributed by atoms with van der Waals surface area (Å²) >= 11 is 0. The molecule has 1 aliphatic heterocycles. The fraction of sp³-hybridized carbons (Fsp3) is 0.192. The van der Waals surface area contributed by atoms with Gasteiger partial charge in [-0.2, -0.15) is 5.10 Å². The lowest BCUT2D eigenvalue weighted by molar-refractivity contribution is 0.0696. The summed E-state index contributed by atoms with van der Waals surface area (Å²) < 4.78 is 0. The Morgan fingerprint density at radius 1 is 0.848 bits per heavy atom. The molecule has 4 rings (SSSR count). The number of amides is 1. The zero-order valence-electron chi connectivity index (χ0n) is 18.2. The van der Waals surface area contributed by atoms with Crippen molar-refractivity contribution >= 4 is 23.8 Å². The Morgan fingerprint density at radius 2 is 1.48 bits per heavy atom. The molecule has 1 aliphatic rings. The number of rotatable bonds is 7. The second-order valence-electron chi connectivity index (χ2n) is 7.92. The van der Waals surface area contributed by atoms with Crippen LogP contribution >= 0.6 is 0 Å². The normalized spacial score (nSPS) is 14.4. The van der Waals surface area contributed by atoms with Crippen molar-refractivity contribution in [1.29, 1.82) is 0 Å². The van der Waals surface area contributed by atoms with Crippen LogP contribution in [0.1, 0.15) is 31.8 Å². The second kappa shape index (κ2) is 10.6. The summed E-state index contributed by atoms with van der Waals surface area (Å²) in [6, 6.07) is 24.3. The number of piperazine rings is 1. The summed E-state index contributed by atoms with van der Waals surface area (Å²) in [4.78, 5) is 28.0. The lowest BCUT2D eigenvalue weighted by Crippen LogP contribution is -2.45. The molecule has 3 aromatic carbocycles. The molecule has 0 saturated carbocycles. The van der Waals surface area contributed by atoms with Crippen molar-refractivity contribution in [1.82, 2.24) is 10.3 Å². The summed E-state index contributed by atoms with van der Waals surface area (Å²) in [6.45, 7) is 4.86. The predicted molar refractivity (Wildman–Crippen MR) is 129 cm³/mol. The zero-order chi connectivity index (χ0) is 23.0. The van der Waals surface area contributed by atoms with Crippen molar-refractivity contribution in [3.63, 3.8) is 0 Å². The molecule has 0 aliphatic carbocycles. The lowest BCUT2D eigenvalue weighted by atomic mass is 10.1. The molecule has 0 unspecified atom stereocenters. The molecule has 7 heteroatoms. The van der Waals surface area contributed by atoms with Crippen LogP contribution in [0.25, 0.3) is 0 Å². The van der Waals surface area contributed by atoms with E-state index in [-0.39, 0.29) is 11.5 Å². The van der Waals surface area contributed by atoms with Crippen LogP contribution in [-0.2, 0) is 6.54 Å². The Labute approximate surface area is 193 Å². The molecule has 0 spiro atoms. The third-order valence-corrected chi connectivity index (χ3v) is 5.65. The molecule has 1 fully saturated rings. The van der Waals surface area contributed by atoms with Gasteiger partial charge in [0.2, 0.25) is 0 Å². The highest BCUT2D eigenvalue weighted by Gasteiger charge is 2.17. The van der Waals surface area contributed by atoms with Gasteiger partial charge < -0.3 is 10.0 Å². The molecule has 1 heterocycles. The first-order valence-corrected chi connectivity index (χ1v) is 10.9. The number of carboxylic acid groups (broad SMARTS) is 1. The number of benzene rings is 3. The molecule has 0 radical (unpaired) electrons. The second-order valence-corrected chi connectivity index (χ2v) is 7.92. The molecule has 1 saturated heterocycles.